The molecule has 11 rings (SSSR count). The van der Waals surface area contributed by atoms with Crippen molar-refractivity contribution in [1.29, 1.82) is 0 Å². The summed E-state index contributed by atoms with van der Waals surface area (Å²) in [6, 6.07) is 77.4. The van der Waals surface area contributed by atoms with Crippen molar-refractivity contribution in [1.82, 2.24) is 4.57 Å². The second-order valence-electron chi connectivity index (χ2n) is 15.0. The van der Waals surface area contributed by atoms with Gasteiger partial charge in [0.2, 0.25) is 0 Å². The highest BCUT2D eigenvalue weighted by molar-refractivity contribution is 7.26. The van der Waals surface area contributed by atoms with Crippen molar-refractivity contribution >= 4 is 64.7 Å². The van der Waals surface area contributed by atoms with E-state index in [9.17, 15) is 0 Å². The first-order valence-electron chi connectivity index (χ1n) is 19.8. The summed E-state index contributed by atoms with van der Waals surface area (Å²) in [4.78, 5) is 2.40. The number of benzene rings is 9. The SMILES string of the molecule is CN(c1cc(-c2ccc(-c3ccccc3)cc2)c2sc3ccccc3c2c1)c1cc(-c2cccc3c2c2ccccc2n3-c2ccccc2)ccc1-c1ccccc1. The molecule has 0 saturated heterocycles. The lowest BCUT2D eigenvalue weighted by Gasteiger charge is -2.25. The second kappa shape index (κ2) is 14.1. The Morgan fingerprint density at radius 2 is 0.983 bits per heavy atom. The molecule has 9 aromatic carbocycles. The number of aromatic nitrogens is 1. The zero-order valence-electron chi connectivity index (χ0n) is 32.0. The minimum absolute atomic E-state index is 1.14. The van der Waals surface area contributed by atoms with E-state index in [-0.39, 0.29) is 0 Å². The van der Waals surface area contributed by atoms with Gasteiger partial charge in [0.15, 0.2) is 0 Å². The van der Waals surface area contributed by atoms with E-state index in [1.165, 1.54) is 86.5 Å². The summed E-state index contributed by atoms with van der Waals surface area (Å²) in [6.07, 6.45) is 0. The molecule has 0 aliphatic rings. The van der Waals surface area contributed by atoms with Gasteiger partial charge in [-0.05, 0) is 81.9 Å². The molecular weight excluding hydrogens is 721 g/mol. The molecule has 11 aromatic rings. The van der Waals surface area contributed by atoms with Crippen molar-refractivity contribution in [3.8, 4) is 50.2 Å². The van der Waals surface area contributed by atoms with Crippen LogP contribution in [0.4, 0.5) is 11.4 Å². The minimum Gasteiger partial charge on any atom is -0.344 e. The van der Waals surface area contributed by atoms with Crippen LogP contribution in [0.25, 0.3) is 92.2 Å². The number of rotatable bonds is 7. The van der Waals surface area contributed by atoms with E-state index < -0.39 is 0 Å². The number of hydrogen-bond donors (Lipinski definition) is 0. The predicted octanol–water partition coefficient (Wildman–Crippen LogP) is 15.6. The van der Waals surface area contributed by atoms with Crippen LogP contribution in [-0.4, -0.2) is 11.6 Å². The van der Waals surface area contributed by atoms with Gasteiger partial charge in [-0.2, -0.15) is 0 Å². The van der Waals surface area contributed by atoms with Crippen LogP contribution in [0.3, 0.4) is 0 Å². The van der Waals surface area contributed by atoms with Crippen LogP contribution in [0.1, 0.15) is 0 Å². The molecule has 0 atom stereocenters. The van der Waals surface area contributed by atoms with Gasteiger partial charge in [-0.3, -0.25) is 0 Å². The van der Waals surface area contributed by atoms with Crippen LogP contribution < -0.4 is 4.90 Å². The molecule has 0 N–H and O–H groups in total. The van der Waals surface area contributed by atoms with E-state index >= 15 is 0 Å². The normalized spacial score (nSPS) is 11.5. The van der Waals surface area contributed by atoms with Crippen molar-refractivity contribution in [2.24, 2.45) is 0 Å². The molecule has 0 aliphatic carbocycles. The smallest absolute Gasteiger partial charge is 0.0547 e. The fourth-order valence-electron chi connectivity index (χ4n) is 8.79. The Morgan fingerprint density at radius 1 is 0.397 bits per heavy atom. The van der Waals surface area contributed by atoms with Gasteiger partial charge in [-0.15, -0.1) is 11.3 Å². The molecule has 0 bridgehead atoms. The molecule has 0 spiro atoms. The first kappa shape index (κ1) is 34.1. The Hall–Kier alpha value is -7.20. The molecule has 3 heteroatoms. The predicted molar refractivity (Wildman–Crippen MR) is 250 cm³/mol. The summed E-state index contributed by atoms with van der Waals surface area (Å²) in [5.41, 5.74) is 15.5. The van der Waals surface area contributed by atoms with Crippen molar-refractivity contribution in [3.63, 3.8) is 0 Å². The van der Waals surface area contributed by atoms with Crippen molar-refractivity contribution in [2.75, 3.05) is 11.9 Å². The third kappa shape index (κ3) is 5.71. The molecule has 0 saturated carbocycles. The van der Waals surface area contributed by atoms with Crippen molar-refractivity contribution in [2.45, 2.75) is 0 Å². The summed E-state index contributed by atoms with van der Waals surface area (Å²) >= 11 is 1.88. The van der Waals surface area contributed by atoms with Crippen LogP contribution in [0.15, 0.2) is 212 Å². The van der Waals surface area contributed by atoms with Gasteiger partial charge >= 0.3 is 0 Å². The van der Waals surface area contributed by atoms with Crippen LogP contribution in [0.5, 0.6) is 0 Å². The fourth-order valence-corrected chi connectivity index (χ4v) is 10.0. The van der Waals surface area contributed by atoms with E-state index in [2.05, 4.69) is 229 Å². The number of anilines is 2. The first-order chi connectivity index (χ1) is 28.7. The van der Waals surface area contributed by atoms with Gasteiger partial charge in [0.1, 0.15) is 0 Å². The minimum atomic E-state index is 1.14. The van der Waals surface area contributed by atoms with E-state index in [4.69, 9.17) is 0 Å². The number of fused-ring (bicyclic) bond motifs is 6. The van der Waals surface area contributed by atoms with Crippen LogP contribution >= 0.6 is 11.3 Å². The maximum Gasteiger partial charge on any atom is 0.0547 e. The summed E-state index contributed by atoms with van der Waals surface area (Å²) in [6.45, 7) is 0. The highest BCUT2D eigenvalue weighted by atomic mass is 32.1. The topological polar surface area (TPSA) is 8.17 Å². The maximum atomic E-state index is 2.40. The molecule has 2 aromatic heterocycles. The number of hydrogen-bond acceptors (Lipinski definition) is 2. The average Bonchev–Trinajstić information content (AvgIpc) is 3.85. The lowest BCUT2D eigenvalue weighted by Crippen LogP contribution is -2.11. The zero-order valence-corrected chi connectivity index (χ0v) is 32.8. The lowest BCUT2D eigenvalue weighted by molar-refractivity contribution is 1.18. The van der Waals surface area contributed by atoms with Crippen LogP contribution in [-0.2, 0) is 0 Å². The Morgan fingerprint density at radius 3 is 1.76 bits per heavy atom. The molecule has 0 radical (unpaired) electrons. The molecule has 0 aliphatic heterocycles. The number of nitrogens with zero attached hydrogens (tertiary/aromatic N) is 2. The summed E-state index contributed by atoms with van der Waals surface area (Å²) in [5, 5.41) is 5.08. The summed E-state index contributed by atoms with van der Waals surface area (Å²) in [7, 11) is 2.23. The maximum absolute atomic E-state index is 2.40. The molecule has 0 unspecified atom stereocenters. The van der Waals surface area contributed by atoms with Gasteiger partial charge in [0, 0.05) is 66.2 Å². The van der Waals surface area contributed by atoms with Gasteiger partial charge in [0.25, 0.3) is 0 Å². The monoisotopic (exact) mass is 758 g/mol. The third-order valence-corrected chi connectivity index (χ3v) is 12.8. The molecule has 0 amide bonds. The third-order valence-electron chi connectivity index (χ3n) is 11.6. The standard InChI is InChI=1S/C55H38N2S/c1-56(43-35-48(55-49(36-43)46-22-12-14-27-53(46)58-55)40-30-28-38(29-31-40)37-16-5-2-6-17-37)52-34-41(32-33-44(52)39-18-7-3-8-19-39)45-24-15-26-51-54(45)47-23-11-13-25-50(47)57(51)42-20-9-4-10-21-42/h2-36H,1H3. The molecule has 58 heavy (non-hydrogen) atoms. The second-order valence-corrected chi connectivity index (χ2v) is 16.0. The van der Waals surface area contributed by atoms with E-state index in [0.717, 1.165) is 17.1 Å². The summed E-state index contributed by atoms with van der Waals surface area (Å²) in [5.74, 6) is 0. The van der Waals surface area contributed by atoms with Gasteiger partial charge in [-0.25, -0.2) is 0 Å². The molecule has 2 nitrogen and oxygen atoms in total. The van der Waals surface area contributed by atoms with E-state index in [0.29, 0.717) is 0 Å². The van der Waals surface area contributed by atoms with Crippen molar-refractivity contribution < 1.29 is 0 Å². The van der Waals surface area contributed by atoms with E-state index in [1.807, 2.05) is 11.3 Å². The van der Waals surface area contributed by atoms with Crippen LogP contribution in [0, 0.1) is 0 Å². The Labute approximate surface area is 342 Å². The zero-order chi connectivity index (χ0) is 38.6. The number of para-hydroxylation sites is 2. The van der Waals surface area contributed by atoms with Crippen molar-refractivity contribution in [3.05, 3.63) is 212 Å². The lowest BCUT2D eigenvalue weighted by atomic mass is 9.94. The molecule has 2 heterocycles. The fraction of sp³-hybridized carbons (Fsp3) is 0.0182. The van der Waals surface area contributed by atoms with Crippen LogP contribution in [0.2, 0.25) is 0 Å². The molecule has 0 fully saturated rings. The van der Waals surface area contributed by atoms with Gasteiger partial charge in [0.05, 0.1) is 11.0 Å². The van der Waals surface area contributed by atoms with Gasteiger partial charge in [-0.1, -0.05) is 164 Å². The van der Waals surface area contributed by atoms with Gasteiger partial charge < -0.3 is 9.47 Å². The first-order valence-corrected chi connectivity index (χ1v) is 20.6. The summed E-state index contributed by atoms with van der Waals surface area (Å²) < 4.78 is 5.01. The molecular formula is C55H38N2S. The highest BCUT2D eigenvalue weighted by Gasteiger charge is 2.20. The largest absolute Gasteiger partial charge is 0.344 e. The van der Waals surface area contributed by atoms with E-state index in [1.54, 1.807) is 0 Å². The Kier molecular flexibility index (Phi) is 8.27. The number of thiophene rings is 1. The highest BCUT2D eigenvalue weighted by Crippen LogP contribution is 2.46. The molecule has 274 valence electrons. The Balaban J connectivity index is 1.11. The average molecular weight is 759 g/mol. The Bertz CT molecular complexity index is 3270. The quantitative estimate of drug-likeness (QED) is 0.157.